The van der Waals surface area contributed by atoms with Gasteiger partial charge in [0.15, 0.2) is 6.10 Å². The van der Waals surface area contributed by atoms with Gasteiger partial charge in [-0.1, -0.05) is 284 Å². The van der Waals surface area contributed by atoms with Crippen molar-refractivity contribution < 1.29 is 75.8 Å². The van der Waals surface area contributed by atoms with Crippen LogP contribution in [0, 0.1) is 0 Å². The molecule has 0 saturated carbocycles. The zero-order valence-electron chi connectivity index (χ0n) is 59.3. The Bertz CT molecular complexity index is 2210. The van der Waals surface area contributed by atoms with E-state index in [4.69, 9.17) is 32.3 Å². The quantitative estimate of drug-likeness (QED) is 0.0146. The van der Waals surface area contributed by atoms with Crippen molar-refractivity contribution in [3.63, 3.8) is 0 Å². The average molecular weight is 1380 g/mol. The van der Waals surface area contributed by atoms with Crippen molar-refractivity contribution in [2.24, 2.45) is 0 Å². The number of ether oxygens (including phenoxy) is 3. The fourth-order valence-corrected chi connectivity index (χ4v) is 11.2. The molecule has 0 aromatic carbocycles. The van der Waals surface area contributed by atoms with Crippen LogP contribution < -0.4 is 0 Å². The van der Waals surface area contributed by atoms with Crippen molar-refractivity contribution in [2.75, 3.05) is 39.6 Å². The molecular weight excluding hydrogens is 1240 g/mol. The molecule has 0 radical (unpaired) electrons. The lowest BCUT2D eigenvalue weighted by molar-refractivity contribution is -0.161. The van der Waals surface area contributed by atoms with Gasteiger partial charge in [-0.15, -0.1) is 0 Å². The van der Waals surface area contributed by atoms with Crippen LogP contribution in [0.1, 0.15) is 290 Å². The van der Waals surface area contributed by atoms with Crippen LogP contribution in [0.2, 0.25) is 0 Å². The standard InChI is InChI=1S/C77H132O16P2/c1-4-7-10-13-16-19-22-24-26-28-30-31-32-33-34-35-36-37-38-39-41-43-44-46-49-51-54-57-60-63-75(80)87-66-72(78)67-89-94(83,84)90-68-73(79)69-91-95(85,86)92-71-74(93-77(82)65-62-59-56-53-48-21-18-15-12-9-6-3)70-88-76(81)64-61-58-55-52-50-47-45-42-40-29-27-25-23-20-17-14-11-8-5-2/h7-8,10-11,16-17,19-20,24-27,30-31,33-34,36-37,40,42,72-74,78-79H,4-6,9,12-15,18,21-23,28-29,32,35,38-39,41,43-71H2,1-3H3,(H,83,84)(H,85,86)/b10-7-,11-8-,19-16-,20-17-,26-24-,27-25-,31-30-,34-33-,37-36-,42-40-. The molecule has 0 aliphatic rings. The molecule has 0 aliphatic heterocycles. The lowest BCUT2D eigenvalue weighted by Crippen LogP contribution is -2.30. The Balaban J connectivity index is 4.46. The Labute approximate surface area is 576 Å². The van der Waals surface area contributed by atoms with E-state index in [2.05, 4.69) is 142 Å². The number of unbranched alkanes of at least 4 members (excludes halogenated alkanes) is 26. The first kappa shape index (κ1) is 91.0. The van der Waals surface area contributed by atoms with Crippen molar-refractivity contribution in [1.29, 1.82) is 0 Å². The maximum Gasteiger partial charge on any atom is 0.472 e. The molecule has 0 aliphatic carbocycles. The first-order valence-corrected chi connectivity index (χ1v) is 39.8. The summed E-state index contributed by atoms with van der Waals surface area (Å²) < 4.78 is 60.9. The highest BCUT2D eigenvalue weighted by molar-refractivity contribution is 7.47. The largest absolute Gasteiger partial charge is 0.472 e. The van der Waals surface area contributed by atoms with Gasteiger partial charge < -0.3 is 34.2 Å². The molecule has 0 aromatic heterocycles. The summed E-state index contributed by atoms with van der Waals surface area (Å²) in [4.78, 5) is 58.4. The number of phosphoric acid groups is 2. The Morgan fingerprint density at radius 1 is 0.305 bits per heavy atom. The average Bonchev–Trinajstić information content (AvgIpc) is 2.67. The Hall–Kier alpha value is -4.05. The van der Waals surface area contributed by atoms with Gasteiger partial charge in [0.1, 0.15) is 25.4 Å². The second-order valence-electron chi connectivity index (χ2n) is 24.3. The van der Waals surface area contributed by atoms with E-state index in [-0.39, 0.29) is 19.3 Å². The number of aliphatic hydroxyl groups excluding tert-OH is 2. The molecule has 0 spiro atoms. The summed E-state index contributed by atoms with van der Waals surface area (Å²) in [5, 5.41) is 20.6. The minimum atomic E-state index is -4.93. The number of hydrogen-bond acceptors (Lipinski definition) is 14. The molecular formula is C77H132O16P2. The van der Waals surface area contributed by atoms with Crippen molar-refractivity contribution in [3.8, 4) is 0 Å². The van der Waals surface area contributed by atoms with E-state index in [1.165, 1.54) is 70.6 Å². The highest BCUT2D eigenvalue weighted by Gasteiger charge is 2.29. The third-order valence-electron chi connectivity index (χ3n) is 15.2. The lowest BCUT2D eigenvalue weighted by atomic mass is 10.1. The van der Waals surface area contributed by atoms with E-state index in [1.807, 2.05) is 0 Å². The second-order valence-corrected chi connectivity index (χ2v) is 27.2. The molecule has 546 valence electrons. The molecule has 0 heterocycles. The zero-order chi connectivity index (χ0) is 69.5. The number of carbonyl (C=O) groups is 3. The molecule has 0 bridgehead atoms. The number of carbonyl (C=O) groups excluding carboxylic acids is 3. The van der Waals surface area contributed by atoms with Crippen LogP contribution in [-0.2, 0) is 55.8 Å². The van der Waals surface area contributed by atoms with Gasteiger partial charge in [-0.3, -0.25) is 32.5 Å². The van der Waals surface area contributed by atoms with Gasteiger partial charge in [-0.2, -0.15) is 0 Å². The molecule has 0 aromatic rings. The molecule has 4 N–H and O–H groups in total. The van der Waals surface area contributed by atoms with Gasteiger partial charge in [-0.25, -0.2) is 9.13 Å². The molecule has 0 fully saturated rings. The van der Waals surface area contributed by atoms with Crippen LogP contribution in [0.3, 0.4) is 0 Å². The fraction of sp³-hybridized carbons (Fsp3) is 0.701. The molecule has 5 atom stereocenters. The molecule has 95 heavy (non-hydrogen) atoms. The van der Waals surface area contributed by atoms with E-state index in [9.17, 15) is 43.5 Å². The van der Waals surface area contributed by atoms with Gasteiger partial charge in [0.05, 0.1) is 26.4 Å². The summed E-state index contributed by atoms with van der Waals surface area (Å²) in [6.45, 7) is 2.42. The molecule has 0 amide bonds. The summed E-state index contributed by atoms with van der Waals surface area (Å²) in [5.74, 6) is -1.59. The third-order valence-corrected chi connectivity index (χ3v) is 17.1. The normalized spacial score (nSPS) is 14.8. The number of esters is 3. The third kappa shape index (κ3) is 71.1. The summed E-state index contributed by atoms with van der Waals surface area (Å²) in [7, 11) is -9.78. The first-order valence-electron chi connectivity index (χ1n) is 36.8. The summed E-state index contributed by atoms with van der Waals surface area (Å²) in [6.07, 6.45) is 81.1. The van der Waals surface area contributed by atoms with Crippen LogP contribution in [0.15, 0.2) is 122 Å². The topological polar surface area (TPSA) is 231 Å². The molecule has 16 nitrogen and oxygen atoms in total. The fourth-order valence-electron chi connectivity index (χ4n) is 9.62. The maximum atomic E-state index is 12.9. The zero-order valence-corrected chi connectivity index (χ0v) is 61.1. The summed E-state index contributed by atoms with van der Waals surface area (Å²) >= 11 is 0. The van der Waals surface area contributed by atoms with Crippen molar-refractivity contribution in [2.45, 2.75) is 309 Å². The van der Waals surface area contributed by atoms with Crippen LogP contribution in [0.25, 0.3) is 0 Å². The minimum absolute atomic E-state index is 0.102. The van der Waals surface area contributed by atoms with Gasteiger partial charge in [-0.05, 0) is 109 Å². The van der Waals surface area contributed by atoms with E-state index in [1.54, 1.807) is 0 Å². The van der Waals surface area contributed by atoms with Crippen LogP contribution in [0.5, 0.6) is 0 Å². The van der Waals surface area contributed by atoms with Gasteiger partial charge in [0.25, 0.3) is 0 Å². The van der Waals surface area contributed by atoms with Gasteiger partial charge >= 0.3 is 33.6 Å². The SMILES string of the molecule is CC/C=C\C/C=C\C/C=C\C/C=C\C/C=C\C/C=C\CCCCCCCCCCCCC(=O)OCC(O)COP(=O)(O)OCC(O)COP(=O)(O)OCC(COC(=O)CCCCCCCC/C=C\C/C=C\C/C=C\C/C=C\CC)OC(=O)CCCCCCCCCCCCC. The number of hydrogen-bond donors (Lipinski definition) is 4. The van der Waals surface area contributed by atoms with Gasteiger partial charge in [0, 0.05) is 19.3 Å². The van der Waals surface area contributed by atoms with E-state index in [0.29, 0.717) is 19.3 Å². The minimum Gasteiger partial charge on any atom is -0.463 e. The smallest absolute Gasteiger partial charge is 0.463 e. The monoisotopic (exact) mass is 1370 g/mol. The predicted octanol–water partition coefficient (Wildman–Crippen LogP) is 21.0. The van der Waals surface area contributed by atoms with Crippen molar-refractivity contribution in [3.05, 3.63) is 122 Å². The predicted molar refractivity (Wildman–Crippen MR) is 390 cm³/mol. The Kier molecular flexibility index (Phi) is 66.9. The molecule has 0 rings (SSSR count). The molecule has 5 unspecified atom stereocenters. The Morgan fingerprint density at radius 2 is 0.558 bits per heavy atom. The van der Waals surface area contributed by atoms with Crippen LogP contribution in [0.4, 0.5) is 0 Å². The maximum absolute atomic E-state index is 12.9. The lowest BCUT2D eigenvalue weighted by Gasteiger charge is -2.21. The van der Waals surface area contributed by atoms with Crippen molar-refractivity contribution >= 4 is 33.6 Å². The first-order chi connectivity index (χ1) is 46.2. The number of aliphatic hydroxyl groups is 2. The number of rotatable bonds is 69. The highest BCUT2D eigenvalue weighted by Crippen LogP contribution is 2.45. The second kappa shape index (κ2) is 69.8. The van der Waals surface area contributed by atoms with Crippen LogP contribution in [-0.4, -0.2) is 95.9 Å². The van der Waals surface area contributed by atoms with Crippen molar-refractivity contribution in [1.82, 2.24) is 0 Å². The summed E-state index contributed by atoms with van der Waals surface area (Å²) in [5.41, 5.74) is 0. The number of allylic oxidation sites excluding steroid dienone is 20. The number of phosphoric ester groups is 2. The van der Waals surface area contributed by atoms with E-state index >= 15 is 0 Å². The summed E-state index contributed by atoms with van der Waals surface area (Å²) in [6, 6.07) is 0. The van der Waals surface area contributed by atoms with Crippen LogP contribution >= 0.6 is 15.6 Å². The highest BCUT2D eigenvalue weighted by atomic mass is 31.2. The Morgan fingerprint density at radius 3 is 0.884 bits per heavy atom. The molecule has 18 heteroatoms. The molecule has 0 saturated heterocycles. The van der Waals surface area contributed by atoms with Gasteiger partial charge in [0.2, 0.25) is 0 Å². The van der Waals surface area contributed by atoms with E-state index < -0.39 is 91.5 Å². The van der Waals surface area contributed by atoms with E-state index in [0.717, 1.165) is 161 Å².